The monoisotopic (exact) mass is 1550 g/mol. The average Bonchev–Trinajstić information content (AvgIpc) is 0.755. The minimum absolute atomic E-state index is 0.770. The second kappa shape index (κ2) is 37.5. The van der Waals surface area contributed by atoms with Gasteiger partial charge < -0.3 is 210 Å². The topological polar surface area (TPSA) is 737 Å². The standard InChI is InChI=1S/C59H98N4O43/c1-14-31(77)38(84)39(85)54(92-14)102-47-30(63-18(5)74)53(104-49-34(80)21(8-65)94-55(40(49)86)99-43-24(11-68)93-51(89)28(36(43)82)61-16(3)72)98-26(13-70)45(47)101-56-41(87)48(33(79)22(9-66)95-56)103-52-29(62-17(4)73)37(83)44(25(12-69)97-52)100-57-42(88)50(35(81)23(10-67)96-57)106-59(58(90)91)6-19(75)27(60-15(2)71)46(105-59)32(78)20(76)7-64/h14,19-57,64-70,75-89H,6-13H2,1-5H3,(H,60,71)(H,61,72)(H,62,73)(H,63,74)(H,90,91)/t14-,19-,20+,21+,22+,23+,24+,25+,26+,27+,28+,29+,30+,31+,32+,33-,34-,35-,36+,37+,38+,39-,40+,41+,42+,43+,44+,45+,46+,47+,48-,49-,50-,51?,52-,53-,54-,55-,56-,57-,59-/m0/s1. The predicted octanol–water partition coefficient (Wildman–Crippen LogP) is -17.6. The van der Waals surface area contributed by atoms with E-state index in [1.807, 2.05) is 0 Å². The molecule has 612 valence electrons. The summed E-state index contributed by atoms with van der Waals surface area (Å²) in [5.41, 5.74) is 0. The molecule has 0 aliphatic carbocycles. The van der Waals surface area contributed by atoms with Crippen LogP contribution >= 0.6 is 0 Å². The normalized spacial score (nSPS) is 47.2. The van der Waals surface area contributed by atoms with E-state index in [0.717, 1.165) is 27.7 Å². The fourth-order valence-electron chi connectivity index (χ4n) is 13.7. The largest absolute Gasteiger partial charge is 0.477 e. The molecule has 8 aliphatic rings. The zero-order valence-corrected chi connectivity index (χ0v) is 57.2. The minimum Gasteiger partial charge on any atom is -0.477 e. The van der Waals surface area contributed by atoms with E-state index in [2.05, 4.69) is 21.3 Å². The molecule has 4 amide bonds. The Morgan fingerprint density at radius 3 is 1.20 bits per heavy atom. The molecule has 106 heavy (non-hydrogen) atoms. The summed E-state index contributed by atoms with van der Waals surface area (Å²) in [6.45, 7) is -3.01. The van der Waals surface area contributed by atoms with E-state index in [0.29, 0.717) is 0 Å². The number of hydrogen-bond acceptors (Lipinski definition) is 42. The van der Waals surface area contributed by atoms with Crippen LogP contribution in [0.4, 0.5) is 0 Å². The smallest absolute Gasteiger partial charge is 0.364 e. The molecular weight excluding hydrogens is 1450 g/mol. The molecule has 47 nitrogen and oxygen atoms in total. The van der Waals surface area contributed by atoms with Crippen molar-refractivity contribution < 1.29 is 212 Å². The van der Waals surface area contributed by atoms with Crippen molar-refractivity contribution in [2.24, 2.45) is 0 Å². The Bertz CT molecular complexity index is 2860. The van der Waals surface area contributed by atoms with Crippen molar-refractivity contribution >= 4 is 29.6 Å². The number of ether oxygens (including phenoxy) is 15. The van der Waals surface area contributed by atoms with Crippen LogP contribution in [0.15, 0.2) is 0 Å². The van der Waals surface area contributed by atoms with Gasteiger partial charge in [0.05, 0.1) is 64.5 Å². The van der Waals surface area contributed by atoms with E-state index >= 15 is 0 Å². The molecule has 0 radical (unpaired) electrons. The number of aliphatic carboxylic acids is 1. The number of aliphatic hydroxyl groups is 22. The van der Waals surface area contributed by atoms with Crippen molar-refractivity contribution in [2.75, 3.05) is 46.2 Å². The first-order valence-electron chi connectivity index (χ1n) is 33.6. The number of carboxylic acids is 1. The van der Waals surface area contributed by atoms with E-state index in [1.54, 1.807) is 0 Å². The minimum atomic E-state index is -3.26. The molecule has 41 atom stereocenters. The van der Waals surface area contributed by atoms with Crippen LogP contribution in [0.5, 0.6) is 0 Å². The third-order valence-corrected chi connectivity index (χ3v) is 19.2. The lowest BCUT2D eigenvalue weighted by molar-refractivity contribution is -0.397. The molecule has 8 rings (SSSR count). The summed E-state index contributed by atoms with van der Waals surface area (Å²) >= 11 is 0. The van der Waals surface area contributed by atoms with Gasteiger partial charge in [-0.2, -0.15) is 0 Å². The summed E-state index contributed by atoms with van der Waals surface area (Å²) in [7, 11) is 0. The number of nitrogens with one attached hydrogen (secondary N) is 4. The fraction of sp³-hybridized carbons (Fsp3) is 0.915. The number of hydrogen-bond donors (Lipinski definition) is 27. The van der Waals surface area contributed by atoms with E-state index in [1.165, 1.54) is 6.92 Å². The van der Waals surface area contributed by atoms with Gasteiger partial charge >= 0.3 is 5.97 Å². The molecule has 1 unspecified atom stereocenters. The first-order chi connectivity index (χ1) is 49.9. The van der Waals surface area contributed by atoms with Crippen molar-refractivity contribution in [3.8, 4) is 0 Å². The highest BCUT2D eigenvalue weighted by Crippen LogP contribution is 2.42. The van der Waals surface area contributed by atoms with Gasteiger partial charge in [0.1, 0.15) is 183 Å². The third-order valence-electron chi connectivity index (χ3n) is 19.2. The molecule has 0 aromatic carbocycles. The highest BCUT2D eigenvalue weighted by Gasteiger charge is 2.63. The zero-order chi connectivity index (χ0) is 78.6. The Morgan fingerprint density at radius 2 is 0.745 bits per heavy atom. The summed E-state index contributed by atoms with van der Waals surface area (Å²) in [5.74, 6) is -9.00. The number of carbonyl (C=O) groups is 5. The Hall–Kier alpha value is -4.13. The second-order valence-corrected chi connectivity index (χ2v) is 26.7. The maximum Gasteiger partial charge on any atom is 0.364 e. The van der Waals surface area contributed by atoms with Crippen LogP contribution in [-0.4, -0.2) is 444 Å². The maximum atomic E-state index is 13.4. The van der Waals surface area contributed by atoms with Crippen LogP contribution in [0.3, 0.4) is 0 Å². The lowest BCUT2D eigenvalue weighted by atomic mass is 9.88. The predicted molar refractivity (Wildman–Crippen MR) is 327 cm³/mol. The molecule has 0 spiro atoms. The molecule has 47 heteroatoms. The van der Waals surface area contributed by atoms with Gasteiger partial charge in [0.2, 0.25) is 23.6 Å². The third kappa shape index (κ3) is 19.0. The molecule has 0 aromatic rings. The van der Waals surface area contributed by atoms with Gasteiger partial charge in [0.15, 0.2) is 44.0 Å². The van der Waals surface area contributed by atoms with Crippen molar-refractivity contribution in [1.29, 1.82) is 0 Å². The first-order valence-corrected chi connectivity index (χ1v) is 33.6. The zero-order valence-electron chi connectivity index (χ0n) is 57.2. The Kier molecular flexibility index (Phi) is 30.9. The molecule has 8 aliphatic heterocycles. The SMILES string of the molecule is CC(=O)N[C@H]1[C@H](O[C@H]2[C@@H](O)[C@@H](CO)O[C@@H](O[C@H]3[C@H](O[C@@H]4O[C@@H](C)[C@@H](O)[C@@H](O)[C@@H]4O)[C@@H](NC(C)=O)[C@H](O[C@H]4[C@@H](O)[C@@H](CO)O[C@@H](O[C@H]5[C@H](O)[C@@H](NC(C)=O)C(O)O[C@@H]5CO)[C@@H]4O)O[C@@H]3CO)[C@@H]2O)O[C@H](CO)[C@@H](O[C@@H]2O[C@H](CO)[C@H](O)[C@H](O[C@]3(C(=O)O)C[C@H](O)[C@@H](NC(C)=O)[C@H]([C@H](O)[C@H](O)CO)O3)[C@H]2O)[C@@H]1O. The van der Waals surface area contributed by atoms with Crippen LogP contribution in [-0.2, 0) is 95.0 Å². The van der Waals surface area contributed by atoms with E-state index in [4.69, 9.17) is 71.1 Å². The summed E-state index contributed by atoms with van der Waals surface area (Å²) in [4.78, 5) is 63.8. The van der Waals surface area contributed by atoms with Crippen LogP contribution in [0.1, 0.15) is 41.0 Å². The molecular formula is C59H98N4O43. The molecule has 0 bridgehead atoms. The lowest BCUT2D eigenvalue weighted by Gasteiger charge is -2.52. The van der Waals surface area contributed by atoms with Gasteiger partial charge in [0, 0.05) is 34.1 Å². The first kappa shape index (κ1) is 87.4. The number of rotatable bonds is 28. The van der Waals surface area contributed by atoms with Gasteiger partial charge in [0.25, 0.3) is 5.79 Å². The molecule has 8 heterocycles. The maximum absolute atomic E-state index is 13.4. The van der Waals surface area contributed by atoms with Gasteiger partial charge in [-0.3, -0.25) is 19.2 Å². The van der Waals surface area contributed by atoms with Crippen molar-refractivity contribution in [3.63, 3.8) is 0 Å². The number of carbonyl (C=O) groups excluding carboxylic acids is 4. The number of aliphatic hydroxyl groups excluding tert-OH is 22. The molecule has 0 saturated carbocycles. The van der Waals surface area contributed by atoms with E-state index in [-0.39, 0.29) is 0 Å². The molecule has 8 saturated heterocycles. The Balaban J connectivity index is 1.08. The quantitative estimate of drug-likeness (QED) is 0.0346. The van der Waals surface area contributed by atoms with Gasteiger partial charge in [-0.05, 0) is 6.92 Å². The Labute approximate surface area is 600 Å². The van der Waals surface area contributed by atoms with E-state index in [9.17, 15) is 141 Å². The van der Waals surface area contributed by atoms with Crippen LogP contribution in [0.2, 0.25) is 0 Å². The fourth-order valence-corrected chi connectivity index (χ4v) is 13.7. The van der Waals surface area contributed by atoms with Crippen LogP contribution in [0.25, 0.3) is 0 Å². The van der Waals surface area contributed by atoms with Crippen molar-refractivity contribution in [3.05, 3.63) is 0 Å². The van der Waals surface area contributed by atoms with Crippen LogP contribution in [0, 0.1) is 0 Å². The van der Waals surface area contributed by atoms with Crippen LogP contribution < -0.4 is 21.3 Å². The molecule has 8 fully saturated rings. The Morgan fingerprint density at radius 1 is 0.387 bits per heavy atom. The number of amides is 4. The highest BCUT2D eigenvalue weighted by molar-refractivity contribution is 5.77. The van der Waals surface area contributed by atoms with Crippen molar-refractivity contribution in [1.82, 2.24) is 21.3 Å². The van der Waals surface area contributed by atoms with Gasteiger partial charge in [-0.15, -0.1) is 0 Å². The average molecular weight is 1550 g/mol. The van der Waals surface area contributed by atoms with Gasteiger partial charge in [-0.25, -0.2) is 4.79 Å². The number of carboxylic acid groups (broad SMARTS) is 1. The molecule has 27 N–H and O–H groups in total. The summed E-state index contributed by atoms with van der Waals surface area (Å²) in [5, 5.41) is 264. The summed E-state index contributed by atoms with van der Waals surface area (Å²) in [6, 6.07) is -7.36. The lowest BCUT2D eigenvalue weighted by Crippen LogP contribution is -2.72. The second-order valence-electron chi connectivity index (χ2n) is 26.7. The molecule has 0 aromatic heterocycles. The highest BCUT2D eigenvalue weighted by atomic mass is 16.8. The van der Waals surface area contributed by atoms with E-state index < -0.39 is 333 Å². The van der Waals surface area contributed by atoms with Crippen molar-refractivity contribution in [2.45, 2.75) is 292 Å². The summed E-state index contributed by atoms with van der Waals surface area (Å²) in [6.07, 6.45) is -76.7. The van der Waals surface area contributed by atoms with Gasteiger partial charge in [-0.1, -0.05) is 0 Å². The summed E-state index contributed by atoms with van der Waals surface area (Å²) < 4.78 is 88.5.